The van der Waals surface area contributed by atoms with E-state index in [0.29, 0.717) is 18.2 Å². The molecule has 8 heteroatoms. The lowest BCUT2D eigenvalue weighted by Crippen LogP contribution is -2.30. The molecule has 1 N–H and O–H groups in total. The van der Waals surface area contributed by atoms with Crippen molar-refractivity contribution in [2.75, 3.05) is 6.61 Å². The maximum absolute atomic E-state index is 13.7. The molecule has 1 aliphatic heterocycles. The molecule has 2 rings (SSSR count). The normalized spacial score (nSPS) is 17.5. The lowest BCUT2D eigenvalue weighted by Gasteiger charge is -2.30. The fourth-order valence-electron chi connectivity index (χ4n) is 3.28. The van der Waals surface area contributed by atoms with Crippen molar-refractivity contribution in [3.05, 3.63) is 57.7 Å². The number of benzene rings is 1. The number of allylic oxidation sites excluding steroid dienone is 3. The summed E-state index contributed by atoms with van der Waals surface area (Å²) in [5.74, 6) is -3.20. The molecule has 0 amide bonds. The molecule has 0 spiro atoms. The van der Waals surface area contributed by atoms with Crippen molar-refractivity contribution in [1.29, 1.82) is 5.26 Å². The van der Waals surface area contributed by atoms with E-state index in [9.17, 15) is 27.6 Å². The lowest BCUT2D eigenvalue weighted by molar-refractivity contribution is -0.141. The highest BCUT2D eigenvalue weighted by Gasteiger charge is 2.41. The van der Waals surface area contributed by atoms with E-state index in [4.69, 9.17) is 4.74 Å². The second-order valence-corrected chi connectivity index (χ2v) is 8.42. The van der Waals surface area contributed by atoms with Crippen LogP contribution in [0.15, 0.2) is 40.7 Å². The summed E-state index contributed by atoms with van der Waals surface area (Å²) < 4.78 is 59.9. The molecule has 1 aromatic rings. The minimum absolute atomic E-state index is 0.0551. The van der Waals surface area contributed by atoms with Crippen LogP contribution in [0, 0.1) is 22.6 Å². The number of carbonyl (C=O) groups is 1. The molecule has 1 unspecified atom stereocenters. The van der Waals surface area contributed by atoms with Gasteiger partial charge in [-0.05, 0) is 43.4 Å². The molecule has 1 aliphatic rings. The second-order valence-electron chi connectivity index (χ2n) is 8.42. The maximum Gasteiger partial charge on any atom is 0.416 e. The third kappa shape index (κ3) is 5.21. The van der Waals surface area contributed by atoms with Crippen LogP contribution in [0.25, 0.3) is 0 Å². The van der Waals surface area contributed by atoms with Gasteiger partial charge in [-0.3, -0.25) is 0 Å². The van der Waals surface area contributed by atoms with E-state index in [-0.39, 0.29) is 34.4 Å². The average Bonchev–Trinajstić information content (AvgIpc) is 2.59. The first-order valence-electron chi connectivity index (χ1n) is 9.38. The number of nitrogens with zero attached hydrogens (tertiary/aromatic N) is 1. The van der Waals surface area contributed by atoms with Crippen LogP contribution < -0.4 is 5.32 Å². The predicted octanol–water partition coefficient (Wildman–Crippen LogP) is 5.58. The zero-order chi connectivity index (χ0) is 22.9. The van der Waals surface area contributed by atoms with Gasteiger partial charge in [0.1, 0.15) is 5.82 Å². The third-order valence-electron chi connectivity index (χ3n) is 4.82. The summed E-state index contributed by atoms with van der Waals surface area (Å²) in [4.78, 5) is 12.9. The summed E-state index contributed by atoms with van der Waals surface area (Å²) in [5.41, 5.74) is -1.25. The van der Waals surface area contributed by atoms with Gasteiger partial charge in [-0.15, -0.1) is 0 Å². The Kier molecular flexibility index (Phi) is 6.65. The SMILES string of the molecule is CC1=C(C#N)C(c2ccc(F)cc2C(F)(F)F)C(C(=O)OCCC(C)(C)C)=C(C)N1. The summed E-state index contributed by atoms with van der Waals surface area (Å²) >= 11 is 0. The number of hydrogen-bond donors (Lipinski definition) is 1. The quantitative estimate of drug-likeness (QED) is 0.506. The first kappa shape index (κ1) is 23.5. The van der Waals surface area contributed by atoms with Crippen LogP contribution in [-0.4, -0.2) is 12.6 Å². The van der Waals surface area contributed by atoms with E-state index >= 15 is 0 Å². The Labute approximate surface area is 173 Å². The van der Waals surface area contributed by atoms with Gasteiger partial charge >= 0.3 is 12.1 Å². The first-order valence-corrected chi connectivity index (χ1v) is 9.38. The number of ether oxygens (including phenoxy) is 1. The molecule has 1 atom stereocenters. The molecule has 0 saturated carbocycles. The van der Waals surface area contributed by atoms with Crippen LogP contribution in [0.5, 0.6) is 0 Å². The Morgan fingerprint density at radius 3 is 2.37 bits per heavy atom. The van der Waals surface area contributed by atoms with Crippen LogP contribution in [0.3, 0.4) is 0 Å². The van der Waals surface area contributed by atoms with Crippen LogP contribution in [-0.2, 0) is 15.7 Å². The number of nitrogens with one attached hydrogen (secondary N) is 1. The van der Waals surface area contributed by atoms with Crippen LogP contribution in [0.1, 0.15) is 58.1 Å². The van der Waals surface area contributed by atoms with Crippen molar-refractivity contribution in [3.63, 3.8) is 0 Å². The Hall–Kier alpha value is -2.82. The highest BCUT2D eigenvalue weighted by atomic mass is 19.4. The number of dihydropyridines is 1. The van der Waals surface area contributed by atoms with Gasteiger partial charge in [-0.1, -0.05) is 26.8 Å². The summed E-state index contributed by atoms with van der Waals surface area (Å²) in [6.45, 7) is 9.03. The standard InChI is InChI=1S/C22H24F4N2O2/c1-12-16(11-27)19(15-7-6-14(23)10-17(15)22(24,25)26)18(13(2)28-12)20(29)30-9-8-21(3,4)5/h6-7,10,19,28H,8-9H2,1-5H3. The van der Waals surface area contributed by atoms with Gasteiger partial charge in [-0.25, -0.2) is 9.18 Å². The van der Waals surface area contributed by atoms with Crippen molar-refractivity contribution in [3.8, 4) is 6.07 Å². The van der Waals surface area contributed by atoms with Crippen molar-refractivity contribution < 1.29 is 27.1 Å². The van der Waals surface area contributed by atoms with E-state index in [0.717, 1.165) is 12.1 Å². The molecule has 1 aromatic carbocycles. The lowest BCUT2D eigenvalue weighted by atomic mass is 9.79. The minimum atomic E-state index is -4.87. The zero-order valence-electron chi connectivity index (χ0n) is 17.5. The topological polar surface area (TPSA) is 62.1 Å². The van der Waals surface area contributed by atoms with Gasteiger partial charge in [0.05, 0.1) is 35.3 Å². The number of halogens is 4. The molecule has 0 radical (unpaired) electrons. The maximum atomic E-state index is 13.7. The Morgan fingerprint density at radius 1 is 1.20 bits per heavy atom. The van der Waals surface area contributed by atoms with Gasteiger partial charge in [0.25, 0.3) is 0 Å². The predicted molar refractivity (Wildman–Crippen MR) is 103 cm³/mol. The number of hydrogen-bond acceptors (Lipinski definition) is 4. The fourth-order valence-corrected chi connectivity index (χ4v) is 3.28. The third-order valence-corrected chi connectivity index (χ3v) is 4.82. The minimum Gasteiger partial charge on any atom is -0.462 e. The highest BCUT2D eigenvalue weighted by Crippen LogP contribution is 2.44. The molecule has 0 aliphatic carbocycles. The first-order chi connectivity index (χ1) is 13.8. The zero-order valence-corrected chi connectivity index (χ0v) is 17.5. The molecule has 30 heavy (non-hydrogen) atoms. The van der Waals surface area contributed by atoms with E-state index in [1.165, 1.54) is 13.8 Å². The van der Waals surface area contributed by atoms with Crippen molar-refractivity contribution in [2.45, 2.75) is 53.1 Å². The number of esters is 1. The molecule has 0 bridgehead atoms. The molecule has 0 saturated heterocycles. The number of carbonyl (C=O) groups excluding carboxylic acids is 1. The molecular formula is C22H24F4N2O2. The molecule has 0 aromatic heterocycles. The summed E-state index contributed by atoms with van der Waals surface area (Å²) in [6, 6.07) is 4.12. The molecule has 0 fully saturated rings. The monoisotopic (exact) mass is 424 g/mol. The average molecular weight is 424 g/mol. The van der Waals surface area contributed by atoms with Gasteiger partial charge in [0.2, 0.25) is 0 Å². The van der Waals surface area contributed by atoms with E-state index in [2.05, 4.69) is 5.32 Å². The van der Waals surface area contributed by atoms with E-state index < -0.39 is 29.4 Å². The van der Waals surface area contributed by atoms with Crippen molar-refractivity contribution >= 4 is 5.97 Å². The summed E-state index contributed by atoms with van der Waals surface area (Å²) in [7, 11) is 0. The van der Waals surface area contributed by atoms with Gasteiger partial charge in [0, 0.05) is 11.4 Å². The highest BCUT2D eigenvalue weighted by molar-refractivity contribution is 5.93. The molecule has 1 heterocycles. The summed E-state index contributed by atoms with van der Waals surface area (Å²) in [6.07, 6.45) is -4.32. The summed E-state index contributed by atoms with van der Waals surface area (Å²) in [5, 5.41) is 12.5. The number of nitriles is 1. The largest absolute Gasteiger partial charge is 0.462 e. The smallest absolute Gasteiger partial charge is 0.416 e. The Morgan fingerprint density at radius 2 is 1.83 bits per heavy atom. The van der Waals surface area contributed by atoms with Gasteiger partial charge in [-0.2, -0.15) is 18.4 Å². The van der Waals surface area contributed by atoms with Crippen molar-refractivity contribution in [2.24, 2.45) is 5.41 Å². The number of alkyl halides is 3. The van der Waals surface area contributed by atoms with Crippen molar-refractivity contribution in [1.82, 2.24) is 5.32 Å². The second kappa shape index (κ2) is 8.50. The van der Waals surface area contributed by atoms with Crippen LogP contribution in [0.4, 0.5) is 17.6 Å². The van der Waals surface area contributed by atoms with Gasteiger partial charge < -0.3 is 10.1 Å². The van der Waals surface area contributed by atoms with Crippen LogP contribution >= 0.6 is 0 Å². The Balaban J connectivity index is 2.59. The molecular weight excluding hydrogens is 400 g/mol. The fraction of sp³-hybridized carbons (Fsp3) is 0.455. The molecule has 162 valence electrons. The van der Waals surface area contributed by atoms with Crippen LogP contribution in [0.2, 0.25) is 0 Å². The number of rotatable bonds is 4. The van der Waals surface area contributed by atoms with Gasteiger partial charge in [0.15, 0.2) is 0 Å². The van der Waals surface area contributed by atoms with E-state index in [1.807, 2.05) is 26.8 Å². The Bertz CT molecular complexity index is 947. The molecule has 4 nitrogen and oxygen atoms in total. The van der Waals surface area contributed by atoms with E-state index in [1.54, 1.807) is 0 Å².